The molecule has 0 saturated carbocycles. The fourth-order valence-corrected chi connectivity index (χ4v) is 5.19. The minimum absolute atomic E-state index is 0.0132. The lowest BCUT2D eigenvalue weighted by atomic mass is 10.0. The number of hydrogen-bond donors (Lipinski definition) is 4. The largest absolute Gasteiger partial charge is 0.381 e. The summed E-state index contributed by atoms with van der Waals surface area (Å²) in [5, 5.41) is 7.26. The first-order valence-corrected chi connectivity index (χ1v) is 11.4. The van der Waals surface area contributed by atoms with Gasteiger partial charge in [-0.2, -0.15) is 0 Å². The van der Waals surface area contributed by atoms with Gasteiger partial charge in [-0.3, -0.25) is 14.7 Å². The molecule has 1 aromatic rings. The highest BCUT2D eigenvalue weighted by molar-refractivity contribution is 5.96. The number of nitrogens with two attached hydrogens (primary N) is 1. The molecule has 1 amide bonds. The van der Waals surface area contributed by atoms with E-state index in [-0.39, 0.29) is 18.3 Å². The summed E-state index contributed by atoms with van der Waals surface area (Å²) in [6, 6.07) is 0.503. The Bertz CT molecular complexity index is 904. The van der Waals surface area contributed by atoms with E-state index >= 15 is 0 Å². The van der Waals surface area contributed by atoms with E-state index in [1.807, 2.05) is 4.90 Å². The normalized spacial score (nSPS) is 29.4. The van der Waals surface area contributed by atoms with E-state index < -0.39 is 24.1 Å². The third-order valence-electron chi connectivity index (χ3n) is 6.88. The van der Waals surface area contributed by atoms with Crippen molar-refractivity contribution in [1.29, 1.82) is 0 Å². The number of amides is 1. The highest BCUT2D eigenvalue weighted by Gasteiger charge is 2.46. The molecule has 3 unspecified atom stereocenters. The van der Waals surface area contributed by atoms with Crippen molar-refractivity contribution >= 4 is 17.3 Å². The van der Waals surface area contributed by atoms with Crippen LogP contribution in [0.5, 0.6) is 0 Å². The Morgan fingerprint density at radius 1 is 1.18 bits per heavy atom. The molecule has 10 nitrogen and oxygen atoms in total. The molecule has 5 N–H and O–H groups in total. The molecule has 0 aromatic carbocycles. The molecule has 33 heavy (non-hydrogen) atoms. The van der Waals surface area contributed by atoms with Crippen molar-refractivity contribution in [1.82, 2.24) is 25.6 Å². The van der Waals surface area contributed by atoms with Crippen LogP contribution in [-0.2, 0) is 9.53 Å². The summed E-state index contributed by atoms with van der Waals surface area (Å²) in [6.45, 7) is 4.51. The molecule has 5 heterocycles. The molecule has 4 aliphatic heterocycles. The minimum atomic E-state index is -0.713. The number of piperazine rings is 1. The molecule has 4 aliphatic rings. The number of rotatable bonds is 4. The third-order valence-corrected chi connectivity index (χ3v) is 6.88. The van der Waals surface area contributed by atoms with Crippen molar-refractivity contribution < 1.29 is 18.3 Å². The van der Waals surface area contributed by atoms with Crippen molar-refractivity contribution in [2.75, 3.05) is 56.2 Å². The van der Waals surface area contributed by atoms with Crippen LogP contribution in [0.15, 0.2) is 24.4 Å². The lowest BCUT2D eigenvalue weighted by molar-refractivity contribution is -0.121. The number of carbonyl (C=O) groups is 1. The average Bonchev–Trinajstić information content (AvgIpc) is 3.15. The van der Waals surface area contributed by atoms with Gasteiger partial charge in [0.1, 0.15) is 23.6 Å². The van der Waals surface area contributed by atoms with Gasteiger partial charge in [0.15, 0.2) is 5.82 Å². The van der Waals surface area contributed by atoms with E-state index in [2.05, 4.69) is 25.9 Å². The molecule has 5 rings (SSSR count). The van der Waals surface area contributed by atoms with Crippen molar-refractivity contribution in [2.24, 2.45) is 11.7 Å². The van der Waals surface area contributed by atoms with Gasteiger partial charge in [0.05, 0.1) is 30.8 Å². The van der Waals surface area contributed by atoms with Gasteiger partial charge < -0.3 is 26.0 Å². The van der Waals surface area contributed by atoms with Gasteiger partial charge in [0, 0.05) is 51.6 Å². The third kappa shape index (κ3) is 4.53. The fourth-order valence-electron chi connectivity index (χ4n) is 5.19. The Balaban J connectivity index is 1.28. The van der Waals surface area contributed by atoms with E-state index in [9.17, 15) is 13.6 Å². The number of hydrazine groups is 1. The Morgan fingerprint density at radius 3 is 2.70 bits per heavy atom. The number of aromatic nitrogens is 1. The molecule has 0 radical (unpaired) electrons. The maximum atomic E-state index is 14.9. The van der Waals surface area contributed by atoms with Crippen LogP contribution >= 0.6 is 0 Å². The molecule has 0 bridgehead atoms. The predicted octanol–water partition coefficient (Wildman–Crippen LogP) is -0.0784. The van der Waals surface area contributed by atoms with E-state index in [1.165, 1.54) is 12.4 Å². The standard InChI is InChI=1S/C21H30F2N8O2/c22-13-9-26-20-17(19(24)28-31(20)12-13)21(32)27-16-11-25-10-15(23)18(16)30-5-3-29(4-6-30)14-1-7-33-8-2-14/h9-11,14,17,19-20,26,28H,1-8,12,24H2,(H,27,32). The van der Waals surface area contributed by atoms with Crippen LogP contribution in [-0.4, -0.2) is 85.1 Å². The highest BCUT2D eigenvalue weighted by Crippen LogP contribution is 2.31. The second-order valence-corrected chi connectivity index (χ2v) is 8.88. The van der Waals surface area contributed by atoms with Gasteiger partial charge in [-0.1, -0.05) is 0 Å². The SMILES string of the molecule is NC1NN2CC(F)=CNC2C1C(=O)Nc1cncc(F)c1N1CCN(C2CCOCC2)CC1. The molecule has 3 saturated heterocycles. The number of anilines is 2. The Hall–Kier alpha value is -2.38. The molecule has 3 fully saturated rings. The summed E-state index contributed by atoms with van der Waals surface area (Å²) in [5.74, 6) is -1.94. The number of nitrogens with zero attached hydrogens (tertiary/aromatic N) is 4. The summed E-state index contributed by atoms with van der Waals surface area (Å²) in [7, 11) is 0. The van der Waals surface area contributed by atoms with Crippen LogP contribution in [0, 0.1) is 11.7 Å². The maximum Gasteiger partial charge on any atom is 0.234 e. The smallest absolute Gasteiger partial charge is 0.234 e. The van der Waals surface area contributed by atoms with Crippen LogP contribution in [0.1, 0.15) is 12.8 Å². The van der Waals surface area contributed by atoms with E-state index in [1.54, 1.807) is 5.01 Å². The van der Waals surface area contributed by atoms with E-state index in [4.69, 9.17) is 10.5 Å². The molecule has 180 valence electrons. The topological polar surface area (TPSA) is 111 Å². The first kappa shape index (κ1) is 22.4. The van der Waals surface area contributed by atoms with E-state index in [0.717, 1.165) is 45.3 Å². The van der Waals surface area contributed by atoms with Crippen molar-refractivity contribution in [3.05, 3.63) is 30.2 Å². The maximum absolute atomic E-state index is 14.9. The van der Waals surface area contributed by atoms with Gasteiger partial charge in [0.25, 0.3) is 0 Å². The summed E-state index contributed by atoms with van der Waals surface area (Å²) >= 11 is 0. The van der Waals surface area contributed by atoms with Crippen LogP contribution in [0.4, 0.5) is 20.2 Å². The monoisotopic (exact) mass is 464 g/mol. The van der Waals surface area contributed by atoms with Crippen molar-refractivity contribution in [3.8, 4) is 0 Å². The van der Waals surface area contributed by atoms with Gasteiger partial charge >= 0.3 is 0 Å². The molecule has 0 aliphatic carbocycles. The van der Waals surface area contributed by atoms with Gasteiger partial charge in [-0.15, -0.1) is 0 Å². The van der Waals surface area contributed by atoms with E-state index in [0.29, 0.717) is 30.5 Å². The van der Waals surface area contributed by atoms with Crippen LogP contribution in [0.25, 0.3) is 0 Å². The van der Waals surface area contributed by atoms with Crippen LogP contribution in [0.2, 0.25) is 0 Å². The number of halogens is 2. The zero-order valence-corrected chi connectivity index (χ0v) is 18.3. The van der Waals surface area contributed by atoms with Crippen LogP contribution < -0.4 is 26.7 Å². The number of nitrogens with one attached hydrogen (secondary N) is 3. The number of pyridine rings is 1. The number of ether oxygens (including phenoxy) is 1. The molecule has 1 aromatic heterocycles. The quantitative estimate of drug-likeness (QED) is 0.486. The second-order valence-electron chi connectivity index (χ2n) is 8.88. The summed E-state index contributed by atoms with van der Waals surface area (Å²) < 4.78 is 34.0. The predicted molar refractivity (Wildman–Crippen MR) is 118 cm³/mol. The molecule has 0 spiro atoms. The number of fused-ring (bicyclic) bond motifs is 1. The summed E-state index contributed by atoms with van der Waals surface area (Å²) in [6.07, 6.45) is 4.69. The average molecular weight is 465 g/mol. The fraction of sp³-hybridized carbons (Fsp3) is 0.619. The second kappa shape index (κ2) is 9.47. The lowest BCUT2D eigenvalue weighted by Crippen LogP contribution is -2.52. The molecular weight excluding hydrogens is 434 g/mol. The van der Waals surface area contributed by atoms with Gasteiger partial charge in [-0.25, -0.2) is 19.2 Å². The Kier molecular flexibility index (Phi) is 6.43. The zero-order chi connectivity index (χ0) is 22.9. The highest BCUT2D eigenvalue weighted by atomic mass is 19.1. The Morgan fingerprint density at radius 2 is 1.94 bits per heavy atom. The van der Waals surface area contributed by atoms with Crippen molar-refractivity contribution in [3.63, 3.8) is 0 Å². The van der Waals surface area contributed by atoms with Crippen LogP contribution in [0.3, 0.4) is 0 Å². The molecule has 12 heteroatoms. The zero-order valence-electron chi connectivity index (χ0n) is 18.3. The van der Waals surface area contributed by atoms with Crippen molar-refractivity contribution in [2.45, 2.75) is 31.2 Å². The summed E-state index contributed by atoms with van der Waals surface area (Å²) in [5.41, 5.74) is 9.69. The molecule has 3 atom stereocenters. The van der Waals surface area contributed by atoms with Gasteiger partial charge in [-0.05, 0) is 12.8 Å². The minimum Gasteiger partial charge on any atom is -0.381 e. The number of carbonyl (C=O) groups excluding carboxylic acids is 1. The summed E-state index contributed by atoms with van der Waals surface area (Å²) in [4.78, 5) is 21.5. The molecular formula is C21H30F2N8O2. The number of hydrogen-bond acceptors (Lipinski definition) is 9. The first-order valence-electron chi connectivity index (χ1n) is 11.4. The Labute approximate surface area is 191 Å². The van der Waals surface area contributed by atoms with Gasteiger partial charge in [0.2, 0.25) is 5.91 Å². The first-order chi connectivity index (χ1) is 16.0. The lowest BCUT2D eigenvalue weighted by Gasteiger charge is -2.41.